The van der Waals surface area contributed by atoms with Gasteiger partial charge in [0.1, 0.15) is 5.60 Å². The van der Waals surface area contributed by atoms with Crippen molar-refractivity contribution >= 4 is 22.7 Å². The van der Waals surface area contributed by atoms with E-state index in [-0.39, 0.29) is 0 Å². The molecule has 2 rings (SSSR count). The molecule has 0 saturated carbocycles. The maximum Gasteiger partial charge on any atom is 0.376 e. The molecule has 0 spiro atoms. The third kappa shape index (κ3) is 3.74. The van der Waals surface area contributed by atoms with Gasteiger partial charge in [0.15, 0.2) is 0 Å². The SMILES string of the molecule is CN[C@@H](Cc1c[nH]c2ccccc12)C(=O)C(=O)OC(C)(C)C. The fraction of sp³-hybridized carbons (Fsp3) is 0.412. The molecule has 1 aromatic carbocycles. The molecule has 0 fully saturated rings. The summed E-state index contributed by atoms with van der Waals surface area (Å²) in [4.78, 5) is 27.4. The molecule has 118 valence electrons. The minimum Gasteiger partial charge on any atom is -0.454 e. The van der Waals surface area contributed by atoms with Crippen LogP contribution in [-0.4, -0.2) is 35.4 Å². The summed E-state index contributed by atoms with van der Waals surface area (Å²) in [6.07, 6.45) is 2.30. The number of likely N-dealkylation sites (N-methyl/N-ethyl adjacent to an activating group) is 1. The summed E-state index contributed by atoms with van der Waals surface area (Å²) >= 11 is 0. The molecule has 2 N–H and O–H groups in total. The Morgan fingerprint density at radius 2 is 1.95 bits per heavy atom. The van der Waals surface area contributed by atoms with E-state index >= 15 is 0 Å². The molecule has 1 aromatic heterocycles. The lowest BCUT2D eigenvalue weighted by molar-refractivity contribution is -0.163. The van der Waals surface area contributed by atoms with E-state index in [1.165, 1.54) is 0 Å². The number of rotatable bonds is 5. The minimum absolute atomic E-state index is 0.429. The average molecular weight is 302 g/mol. The Labute approximate surface area is 130 Å². The molecule has 0 radical (unpaired) electrons. The summed E-state index contributed by atoms with van der Waals surface area (Å²) in [6.45, 7) is 5.23. The Balaban J connectivity index is 2.15. The number of hydrogen-bond donors (Lipinski definition) is 2. The molecule has 0 aliphatic rings. The summed E-state index contributed by atoms with van der Waals surface area (Å²) in [7, 11) is 1.67. The Morgan fingerprint density at radius 1 is 1.27 bits per heavy atom. The van der Waals surface area contributed by atoms with E-state index in [1.807, 2.05) is 30.5 Å². The van der Waals surface area contributed by atoms with Crippen LogP contribution in [0, 0.1) is 0 Å². The van der Waals surface area contributed by atoms with E-state index < -0.39 is 23.4 Å². The van der Waals surface area contributed by atoms with Crippen LogP contribution in [0.15, 0.2) is 30.5 Å². The number of H-pyrrole nitrogens is 1. The molecule has 5 heteroatoms. The van der Waals surface area contributed by atoms with E-state index in [0.29, 0.717) is 6.42 Å². The molecule has 22 heavy (non-hydrogen) atoms. The molecule has 2 aromatic rings. The number of aromatic amines is 1. The first kappa shape index (κ1) is 16.2. The van der Waals surface area contributed by atoms with Crippen molar-refractivity contribution in [3.05, 3.63) is 36.0 Å². The van der Waals surface area contributed by atoms with Gasteiger partial charge in [-0.05, 0) is 45.9 Å². The molecule has 5 nitrogen and oxygen atoms in total. The molecule has 1 heterocycles. The first-order chi connectivity index (χ1) is 10.3. The second-order valence-corrected chi connectivity index (χ2v) is 6.27. The van der Waals surface area contributed by atoms with Crippen LogP contribution in [-0.2, 0) is 20.7 Å². The average Bonchev–Trinajstić information content (AvgIpc) is 2.85. The Hall–Kier alpha value is -2.14. The predicted octanol–water partition coefficient (Wildman–Crippen LogP) is 2.21. The number of Topliss-reactive ketones (excluding diaryl/α,β-unsaturated/α-hetero) is 1. The second-order valence-electron chi connectivity index (χ2n) is 6.27. The predicted molar refractivity (Wildman–Crippen MR) is 85.7 cm³/mol. The molecule has 0 saturated heterocycles. The van der Waals surface area contributed by atoms with Gasteiger partial charge in [0.25, 0.3) is 5.78 Å². The zero-order chi connectivity index (χ0) is 16.3. The lowest BCUT2D eigenvalue weighted by Gasteiger charge is -2.21. The number of para-hydroxylation sites is 1. The number of fused-ring (bicyclic) bond motifs is 1. The van der Waals surface area contributed by atoms with Crippen molar-refractivity contribution in [3.8, 4) is 0 Å². The van der Waals surface area contributed by atoms with E-state index in [9.17, 15) is 9.59 Å². The van der Waals surface area contributed by atoms with Crippen LogP contribution in [0.2, 0.25) is 0 Å². The Kier molecular flexibility index (Phi) is 4.66. The van der Waals surface area contributed by atoms with Crippen molar-refractivity contribution in [2.75, 3.05) is 7.05 Å². The number of esters is 1. The highest BCUT2D eigenvalue weighted by Crippen LogP contribution is 2.19. The monoisotopic (exact) mass is 302 g/mol. The number of ketones is 1. The fourth-order valence-electron chi connectivity index (χ4n) is 2.32. The van der Waals surface area contributed by atoms with Crippen LogP contribution >= 0.6 is 0 Å². The van der Waals surface area contributed by atoms with Gasteiger partial charge in [-0.2, -0.15) is 0 Å². The highest BCUT2D eigenvalue weighted by atomic mass is 16.6. The van der Waals surface area contributed by atoms with Gasteiger partial charge in [-0.3, -0.25) is 4.79 Å². The van der Waals surface area contributed by atoms with Crippen molar-refractivity contribution < 1.29 is 14.3 Å². The van der Waals surface area contributed by atoms with Crippen LogP contribution in [0.4, 0.5) is 0 Å². The van der Waals surface area contributed by atoms with Crippen LogP contribution in [0.1, 0.15) is 26.3 Å². The van der Waals surface area contributed by atoms with Crippen molar-refractivity contribution in [1.29, 1.82) is 0 Å². The van der Waals surface area contributed by atoms with Crippen molar-refractivity contribution in [3.63, 3.8) is 0 Å². The number of benzene rings is 1. The van der Waals surface area contributed by atoms with E-state index in [2.05, 4.69) is 10.3 Å². The number of carbonyl (C=O) groups excluding carboxylic acids is 2. The van der Waals surface area contributed by atoms with E-state index in [1.54, 1.807) is 27.8 Å². The van der Waals surface area contributed by atoms with Crippen LogP contribution in [0.25, 0.3) is 10.9 Å². The third-order valence-electron chi connectivity index (χ3n) is 3.36. The molecular formula is C17H22N2O3. The van der Waals surface area contributed by atoms with Crippen molar-refractivity contribution in [2.45, 2.75) is 38.8 Å². The Bertz CT molecular complexity index is 683. The maximum atomic E-state index is 12.3. The van der Waals surface area contributed by atoms with Gasteiger partial charge in [0, 0.05) is 17.1 Å². The summed E-state index contributed by atoms with van der Waals surface area (Å²) in [6, 6.07) is 7.26. The van der Waals surface area contributed by atoms with E-state index in [0.717, 1.165) is 16.5 Å². The highest BCUT2D eigenvalue weighted by Gasteiger charge is 2.29. The van der Waals surface area contributed by atoms with Gasteiger partial charge in [-0.25, -0.2) is 4.79 Å². The van der Waals surface area contributed by atoms with Gasteiger partial charge < -0.3 is 15.0 Å². The lowest BCUT2D eigenvalue weighted by atomic mass is 10.0. The van der Waals surface area contributed by atoms with Crippen LogP contribution < -0.4 is 5.32 Å². The third-order valence-corrected chi connectivity index (χ3v) is 3.36. The number of hydrogen-bond acceptors (Lipinski definition) is 4. The van der Waals surface area contributed by atoms with Crippen LogP contribution in [0.3, 0.4) is 0 Å². The Morgan fingerprint density at radius 3 is 2.59 bits per heavy atom. The van der Waals surface area contributed by atoms with E-state index in [4.69, 9.17) is 4.74 Å². The van der Waals surface area contributed by atoms with Gasteiger partial charge >= 0.3 is 5.97 Å². The zero-order valence-corrected chi connectivity index (χ0v) is 13.4. The number of nitrogens with one attached hydrogen (secondary N) is 2. The molecule has 1 atom stereocenters. The smallest absolute Gasteiger partial charge is 0.376 e. The minimum atomic E-state index is -0.799. The topological polar surface area (TPSA) is 71.2 Å². The maximum absolute atomic E-state index is 12.3. The molecule has 0 aliphatic carbocycles. The van der Waals surface area contributed by atoms with Gasteiger partial charge in [0.05, 0.1) is 6.04 Å². The van der Waals surface area contributed by atoms with Crippen LogP contribution in [0.5, 0.6) is 0 Å². The number of carbonyl (C=O) groups is 2. The number of ether oxygens (including phenoxy) is 1. The van der Waals surface area contributed by atoms with Gasteiger partial charge in [0.2, 0.25) is 0 Å². The first-order valence-corrected chi connectivity index (χ1v) is 7.31. The quantitative estimate of drug-likeness (QED) is 0.656. The summed E-state index contributed by atoms with van der Waals surface area (Å²) in [5.41, 5.74) is 1.33. The molecule has 0 unspecified atom stereocenters. The van der Waals surface area contributed by atoms with Gasteiger partial charge in [-0.15, -0.1) is 0 Å². The van der Waals surface area contributed by atoms with Crippen molar-refractivity contribution in [2.24, 2.45) is 0 Å². The summed E-state index contributed by atoms with van der Waals surface area (Å²) in [5, 5.41) is 3.96. The molecular weight excluding hydrogens is 280 g/mol. The molecule has 0 bridgehead atoms. The highest BCUT2D eigenvalue weighted by molar-refractivity contribution is 6.35. The second kappa shape index (κ2) is 6.32. The summed E-state index contributed by atoms with van der Waals surface area (Å²) < 4.78 is 5.15. The normalized spacial score (nSPS) is 13.1. The fourth-order valence-corrected chi connectivity index (χ4v) is 2.32. The molecule has 0 aliphatic heterocycles. The van der Waals surface area contributed by atoms with Gasteiger partial charge in [-0.1, -0.05) is 18.2 Å². The standard InChI is InChI=1S/C17H22N2O3/c1-17(2,3)22-16(21)15(20)14(18-4)9-11-10-19-13-8-6-5-7-12(11)13/h5-8,10,14,18-19H,9H2,1-4H3/t14-/m0/s1. The van der Waals surface area contributed by atoms with Crippen molar-refractivity contribution in [1.82, 2.24) is 10.3 Å². The first-order valence-electron chi connectivity index (χ1n) is 7.31. The summed E-state index contributed by atoms with van der Waals surface area (Å²) in [5.74, 6) is -1.35. The molecule has 0 amide bonds. The largest absolute Gasteiger partial charge is 0.454 e. The number of aromatic nitrogens is 1. The lowest BCUT2D eigenvalue weighted by Crippen LogP contribution is -2.43. The zero-order valence-electron chi connectivity index (χ0n) is 13.4.